The average Bonchev–Trinajstić information content (AvgIpc) is 2.36. The SMILES string of the molecule is Cc1ccc(C(=O)N=C2C=C(Cl)C(=O)C(Cl)=C2)cc1. The van der Waals surface area contributed by atoms with Crippen molar-refractivity contribution in [2.45, 2.75) is 6.92 Å². The minimum absolute atomic E-state index is 0.0528. The summed E-state index contributed by atoms with van der Waals surface area (Å²) in [7, 11) is 0. The monoisotopic (exact) mass is 293 g/mol. The molecule has 0 unspecified atom stereocenters. The fourth-order valence-corrected chi connectivity index (χ4v) is 1.96. The molecule has 0 atom stereocenters. The van der Waals surface area contributed by atoms with E-state index in [-0.39, 0.29) is 15.8 Å². The molecule has 19 heavy (non-hydrogen) atoms. The first kappa shape index (κ1) is 13.7. The molecule has 0 spiro atoms. The summed E-state index contributed by atoms with van der Waals surface area (Å²) < 4.78 is 0. The standard InChI is InChI=1S/C14H9Cl2NO2/c1-8-2-4-9(5-3-8)14(19)17-10-6-11(15)13(18)12(16)7-10/h2-7H,1H3. The van der Waals surface area contributed by atoms with E-state index in [2.05, 4.69) is 4.99 Å². The first-order valence-corrected chi connectivity index (χ1v) is 6.22. The number of benzene rings is 1. The number of allylic oxidation sites excluding steroid dienone is 4. The number of hydrogen-bond acceptors (Lipinski definition) is 2. The van der Waals surface area contributed by atoms with E-state index in [0.717, 1.165) is 5.56 Å². The Morgan fingerprint density at radius 1 is 1.05 bits per heavy atom. The van der Waals surface area contributed by atoms with Crippen molar-refractivity contribution in [3.63, 3.8) is 0 Å². The van der Waals surface area contributed by atoms with Crippen LogP contribution in [-0.4, -0.2) is 17.4 Å². The molecule has 0 heterocycles. The Hall–Kier alpha value is -1.71. The largest absolute Gasteiger partial charge is 0.287 e. The Morgan fingerprint density at radius 2 is 1.58 bits per heavy atom. The van der Waals surface area contributed by atoms with E-state index in [1.54, 1.807) is 12.1 Å². The number of aryl methyl sites for hydroxylation is 1. The topological polar surface area (TPSA) is 46.5 Å². The molecule has 0 radical (unpaired) electrons. The molecule has 5 heteroatoms. The van der Waals surface area contributed by atoms with Crippen LogP contribution in [0.1, 0.15) is 15.9 Å². The number of carbonyl (C=O) groups is 2. The Kier molecular flexibility index (Phi) is 3.98. The lowest BCUT2D eigenvalue weighted by Crippen LogP contribution is -2.09. The van der Waals surface area contributed by atoms with Gasteiger partial charge >= 0.3 is 0 Å². The molecule has 0 saturated heterocycles. The van der Waals surface area contributed by atoms with E-state index in [0.29, 0.717) is 5.56 Å². The summed E-state index contributed by atoms with van der Waals surface area (Å²) in [5, 5.41) is -0.106. The van der Waals surface area contributed by atoms with E-state index in [9.17, 15) is 9.59 Å². The normalized spacial score (nSPS) is 14.9. The molecule has 0 aliphatic heterocycles. The molecule has 0 fully saturated rings. The van der Waals surface area contributed by atoms with Crippen molar-refractivity contribution in [1.29, 1.82) is 0 Å². The highest BCUT2D eigenvalue weighted by Crippen LogP contribution is 2.19. The second-order valence-corrected chi connectivity index (χ2v) is 4.84. The van der Waals surface area contributed by atoms with Crippen LogP contribution in [0.5, 0.6) is 0 Å². The van der Waals surface area contributed by atoms with E-state index in [4.69, 9.17) is 23.2 Å². The van der Waals surface area contributed by atoms with Gasteiger partial charge in [-0.05, 0) is 31.2 Å². The molecule has 1 aliphatic carbocycles. The second-order valence-electron chi connectivity index (χ2n) is 4.02. The minimum Gasteiger partial charge on any atom is -0.287 e. The van der Waals surface area contributed by atoms with E-state index < -0.39 is 11.7 Å². The highest BCUT2D eigenvalue weighted by Gasteiger charge is 2.18. The van der Waals surface area contributed by atoms with E-state index >= 15 is 0 Å². The number of halogens is 2. The second kappa shape index (κ2) is 5.51. The summed E-state index contributed by atoms with van der Waals surface area (Å²) in [4.78, 5) is 27.1. The summed E-state index contributed by atoms with van der Waals surface area (Å²) in [5.74, 6) is -0.879. The van der Waals surface area contributed by atoms with Crippen LogP contribution in [0, 0.1) is 6.92 Å². The van der Waals surface area contributed by atoms with Crippen LogP contribution in [0.2, 0.25) is 0 Å². The van der Waals surface area contributed by atoms with Gasteiger partial charge in [0.2, 0.25) is 5.78 Å². The average molecular weight is 294 g/mol. The third kappa shape index (κ3) is 3.19. The van der Waals surface area contributed by atoms with Gasteiger partial charge in [-0.15, -0.1) is 0 Å². The fourth-order valence-electron chi connectivity index (χ4n) is 1.49. The lowest BCUT2D eigenvalue weighted by Gasteiger charge is -2.05. The van der Waals surface area contributed by atoms with Crippen molar-refractivity contribution in [3.05, 3.63) is 57.6 Å². The van der Waals surface area contributed by atoms with Crippen LogP contribution in [-0.2, 0) is 4.79 Å². The Bertz CT molecular complexity index is 616. The lowest BCUT2D eigenvalue weighted by molar-refractivity contribution is -0.111. The quantitative estimate of drug-likeness (QED) is 0.745. The molecule has 0 N–H and O–H groups in total. The maximum absolute atomic E-state index is 11.9. The molecule has 2 rings (SSSR count). The number of hydrogen-bond donors (Lipinski definition) is 0. The molecule has 0 saturated carbocycles. The zero-order chi connectivity index (χ0) is 14.0. The van der Waals surface area contributed by atoms with Crippen molar-refractivity contribution in [3.8, 4) is 0 Å². The molecule has 96 valence electrons. The van der Waals surface area contributed by atoms with Gasteiger partial charge in [0, 0.05) is 5.56 Å². The van der Waals surface area contributed by atoms with Crippen molar-refractivity contribution < 1.29 is 9.59 Å². The minimum atomic E-state index is -0.468. The number of rotatable bonds is 1. The Morgan fingerprint density at radius 3 is 2.11 bits per heavy atom. The number of nitrogens with zero attached hydrogens (tertiary/aromatic N) is 1. The molecule has 1 aromatic carbocycles. The summed E-state index contributed by atoms with van der Waals surface area (Å²) in [6, 6.07) is 7.02. The summed E-state index contributed by atoms with van der Waals surface area (Å²) in [5.41, 5.74) is 1.78. The van der Waals surface area contributed by atoms with Crippen molar-refractivity contribution >= 4 is 40.6 Å². The predicted molar refractivity (Wildman–Crippen MR) is 75.8 cm³/mol. The van der Waals surface area contributed by atoms with Crippen LogP contribution in [0.25, 0.3) is 0 Å². The van der Waals surface area contributed by atoms with Gasteiger partial charge in [0.1, 0.15) is 0 Å². The third-order valence-electron chi connectivity index (χ3n) is 2.51. The molecule has 0 bridgehead atoms. The van der Waals surface area contributed by atoms with Gasteiger partial charge in [-0.2, -0.15) is 0 Å². The number of carbonyl (C=O) groups excluding carboxylic acids is 2. The highest BCUT2D eigenvalue weighted by molar-refractivity contribution is 6.57. The van der Waals surface area contributed by atoms with Gasteiger partial charge in [-0.3, -0.25) is 9.59 Å². The van der Waals surface area contributed by atoms with Crippen LogP contribution in [0.3, 0.4) is 0 Å². The first-order chi connectivity index (χ1) is 8.97. The van der Waals surface area contributed by atoms with Gasteiger partial charge in [-0.1, -0.05) is 40.9 Å². The molecule has 0 aromatic heterocycles. The highest BCUT2D eigenvalue weighted by atomic mass is 35.5. The van der Waals surface area contributed by atoms with Crippen LogP contribution in [0.4, 0.5) is 0 Å². The van der Waals surface area contributed by atoms with Crippen LogP contribution < -0.4 is 0 Å². The fraction of sp³-hybridized carbons (Fsp3) is 0.0714. The maximum atomic E-state index is 11.9. The summed E-state index contributed by atoms with van der Waals surface area (Å²) >= 11 is 11.4. The van der Waals surface area contributed by atoms with Gasteiger partial charge in [0.05, 0.1) is 15.8 Å². The maximum Gasteiger partial charge on any atom is 0.277 e. The van der Waals surface area contributed by atoms with Crippen LogP contribution >= 0.6 is 23.2 Å². The number of Topliss-reactive ketones (excluding diaryl/α,β-unsaturated/α-hetero) is 1. The molecule has 1 aliphatic rings. The smallest absolute Gasteiger partial charge is 0.277 e. The molecular weight excluding hydrogens is 285 g/mol. The Balaban J connectivity index is 2.29. The first-order valence-electron chi connectivity index (χ1n) is 5.46. The molecule has 3 nitrogen and oxygen atoms in total. The predicted octanol–water partition coefficient (Wildman–Crippen LogP) is 3.40. The van der Waals surface area contributed by atoms with Crippen LogP contribution in [0.15, 0.2) is 51.5 Å². The Labute approximate surface area is 120 Å². The van der Waals surface area contributed by atoms with Crippen molar-refractivity contribution in [1.82, 2.24) is 0 Å². The van der Waals surface area contributed by atoms with Gasteiger partial charge in [0.25, 0.3) is 5.91 Å². The van der Waals surface area contributed by atoms with E-state index in [1.807, 2.05) is 19.1 Å². The molecule has 1 aromatic rings. The van der Waals surface area contributed by atoms with Crippen molar-refractivity contribution in [2.75, 3.05) is 0 Å². The molecule has 1 amide bonds. The summed E-state index contributed by atoms with van der Waals surface area (Å²) in [6.07, 6.45) is 2.64. The van der Waals surface area contributed by atoms with Gasteiger partial charge in [0.15, 0.2) is 0 Å². The summed E-state index contributed by atoms with van der Waals surface area (Å²) in [6.45, 7) is 1.93. The molecular formula is C14H9Cl2NO2. The zero-order valence-electron chi connectivity index (χ0n) is 9.98. The van der Waals surface area contributed by atoms with Gasteiger partial charge < -0.3 is 0 Å². The van der Waals surface area contributed by atoms with E-state index in [1.165, 1.54) is 12.2 Å². The number of amides is 1. The zero-order valence-corrected chi connectivity index (χ0v) is 11.5. The number of ketones is 1. The van der Waals surface area contributed by atoms with Crippen molar-refractivity contribution in [2.24, 2.45) is 4.99 Å². The van der Waals surface area contributed by atoms with Gasteiger partial charge in [-0.25, -0.2) is 4.99 Å². The third-order valence-corrected chi connectivity index (χ3v) is 3.07. The number of aliphatic imine (C=N–C) groups is 1. The lowest BCUT2D eigenvalue weighted by atomic mass is 10.1.